The highest BCUT2D eigenvalue weighted by atomic mass is 16.5. The van der Waals surface area contributed by atoms with Crippen LogP contribution in [-0.4, -0.2) is 12.5 Å². The Balaban J connectivity index is 1.78. The van der Waals surface area contributed by atoms with Crippen LogP contribution < -0.4 is 11.3 Å². The molecule has 5 nitrogen and oxygen atoms in total. The molecule has 0 saturated heterocycles. The van der Waals surface area contributed by atoms with E-state index in [1.165, 1.54) is 19.1 Å². The van der Waals surface area contributed by atoms with Crippen molar-refractivity contribution in [3.63, 3.8) is 0 Å². The predicted octanol–water partition coefficient (Wildman–Crippen LogP) is 1.20. The molecule has 5 heteroatoms. The Morgan fingerprint density at radius 1 is 1.62 bits per heavy atom. The Labute approximate surface area is 93.9 Å². The van der Waals surface area contributed by atoms with E-state index < -0.39 is 5.91 Å². The molecule has 1 aliphatic carbocycles. The second kappa shape index (κ2) is 5.14. The molecular formula is C11H16N2O3. The van der Waals surface area contributed by atoms with Crippen molar-refractivity contribution in [2.75, 3.05) is 6.61 Å². The lowest BCUT2D eigenvalue weighted by molar-refractivity contribution is 0.0904. The summed E-state index contributed by atoms with van der Waals surface area (Å²) in [4.78, 5) is 11.3. The molecule has 16 heavy (non-hydrogen) atoms. The maximum Gasteiger partial charge on any atom is 0.301 e. The smallest absolute Gasteiger partial charge is 0.301 e. The van der Waals surface area contributed by atoms with Crippen molar-refractivity contribution in [2.45, 2.75) is 25.9 Å². The molecule has 0 unspecified atom stereocenters. The lowest BCUT2D eigenvalue weighted by Crippen LogP contribution is -2.30. The number of hydrazine groups is 1. The highest BCUT2D eigenvalue weighted by Crippen LogP contribution is 2.32. The zero-order valence-corrected chi connectivity index (χ0v) is 9.07. The number of nitrogen functional groups attached to an aromatic ring is 1. The third-order valence-corrected chi connectivity index (χ3v) is 2.71. The molecule has 0 bridgehead atoms. The molecule has 1 aromatic heterocycles. The minimum Gasteiger partial charge on any atom is -0.459 e. The van der Waals surface area contributed by atoms with Crippen LogP contribution in [0.2, 0.25) is 0 Å². The second-order valence-corrected chi connectivity index (χ2v) is 4.03. The molecule has 0 atom stereocenters. The number of amides is 1. The Morgan fingerprint density at radius 3 is 3.12 bits per heavy atom. The molecule has 88 valence electrons. The van der Waals surface area contributed by atoms with Gasteiger partial charge in [-0.1, -0.05) is 12.8 Å². The molecule has 2 rings (SSSR count). The minimum atomic E-state index is -0.425. The van der Waals surface area contributed by atoms with Crippen molar-refractivity contribution in [2.24, 2.45) is 11.8 Å². The SMILES string of the molecule is NNC(=O)c1occc1COCCC1CC1. The monoisotopic (exact) mass is 224 g/mol. The summed E-state index contributed by atoms with van der Waals surface area (Å²) in [7, 11) is 0. The average Bonchev–Trinajstić information content (AvgIpc) is 3.01. The number of rotatable bonds is 6. The number of carbonyl (C=O) groups is 1. The van der Waals surface area contributed by atoms with Crippen LogP contribution in [0.5, 0.6) is 0 Å². The first-order valence-corrected chi connectivity index (χ1v) is 5.46. The van der Waals surface area contributed by atoms with E-state index in [4.69, 9.17) is 15.0 Å². The van der Waals surface area contributed by atoms with Gasteiger partial charge in [-0.15, -0.1) is 0 Å². The Hall–Kier alpha value is -1.33. The van der Waals surface area contributed by atoms with Crippen molar-refractivity contribution < 1.29 is 13.9 Å². The highest BCUT2D eigenvalue weighted by Gasteiger charge is 2.20. The molecule has 1 aromatic rings. The van der Waals surface area contributed by atoms with Gasteiger partial charge in [-0.2, -0.15) is 0 Å². The van der Waals surface area contributed by atoms with Gasteiger partial charge in [-0.25, -0.2) is 5.84 Å². The van der Waals surface area contributed by atoms with E-state index >= 15 is 0 Å². The van der Waals surface area contributed by atoms with E-state index in [0.29, 0.717) is 6.61 Å². The molecule has 0 spiro atoms. The van der Waals surface area contributed by atoms with Crippen LogP contribution in [0.1, 0.15) is 35.4 Å². The molecule has 1 fully saturated rings. The highest BCUT2D eigenvalue weighted by molar-refractivity contribution is 5.92. The van der Waals surface area contributed by atoms with Crippen molar-refractivity contribution in [1.82, 2.24) is 5.43 Å². The topological polar surface area (TPSA) is 77.5 Å². The van der Waals surface area contributed by atoms with E-state index in [0.717, 1.165) is 24.5 Å². The van der Waals surface area contributed by atoms with Crippen molar-refractivity contribution in [3.8, 4) is 0 Å². The maximum absolute atomic E-state index is 11.3. The summed E-state index contributed by atoms with van der Waals surface area (Å²) in [5.41, 5.74) is 2.77. The summed E-state index contributed by atoms with van der Waals surface area (Å²) >= 11 is 0. The molecule has 1 saturated carbocycles. The Kier molecular flexibility index (Phi) is 3.58. The van der Waals surface area contributed by atoms with Gasteiger partial charge in [0.2, 0.25) is 0 Å². The van der Waals surface area contributed by atoms with Crippen molar-refractivity contribution in [1.29, 1.82) is 0 Å². The lowest BCUT2D eigenvalue weighted by Gasteiger charge is -2.03. The maximum atomic E-state index is 11.3. The van der Waals surface area contributed by atoms with Gasteiger partial charge in [0.1, 0.15) is 0 Å². The summed E-state index contributed by atoms with van der Waals surface area (Å²) in [5.74, 6) is 5.70. The number of furan rings is 1. The fourth-order valence-corrected chi connectivity index (χ4v) is 1.55. The van der Waals surface area contributed by atoms with Gasteiger partial charge in [-0.3, -0.25) is 10.2 Å². The predicted molar refractivity (Wildman–Crippen MR) is 57.4 cm³/mol. The van der Waals surface area contributed by atoms with E-state index in [1.807, 2.05) is 5.43 Å². The zero-order valence-electron chi connectivity index (χ0n) is 9.07. The van der Waals surface area contributed by atoms with E-state index in [1.54, 1.807) is 6.07 Å². The van der Waals surface area contributed by atoms with Crippen LogP contribution in [0.4, 0.5) is 0 Å². The van der Waals surface area contributed by atoms with E-state index in [2.05, 4.69) is 0 Å². The molecular weight excluding hydrogens is 208 g/mol. The van der Waals surface area contributed by atoms with Gasteiger partial charge in [0.15, 0.2) is 5.76 Å². The number of hydrogen-bond donors (Lipinski definition) is 2. The third kappa shape index (κ3) is 2.84. The van der Waals surface area contributed by atoms with Crippen LogP contribution in [0, 0.1) is 5.92 Å². The van der Waals surface area contributed by atoms with Crippen molar-refractivity contribution in [3.05, 3.63) is 23.7 Å². The van der Waals surface area contributed by atoms with E-state index in [9.17, 15) is 4.79 Å². The fourth-order valence-electron chi connectivity index (χ4n) is 1.55. The molecule has 3 N–H and O–H groups in total. The molecule has 1 amide bonds. The van der Waals surface area contributed by atoms with Crippen LogP contribution in [-0.2, 0) is 11.3 Å². The standard InChI is InChI=1S/C11H16N2O3/c12-13-11(14)10-9(4-6-16-10)7-15-5-3-8-1-2-8/h4,6,8H,1-3,5,7,12H2,(H,13,14). The molecule has 1 heterocycles. The first-order valence-electron chi connectivity index (χ1n) is 5.46. The normalized spacial score (nSPS) is 15.1. The number of nitrogens with one attached hydrogen (secondary N) is 1. The summed E-state index contributed by atoms with van der Waals surface area (Å²) in [6.07, 6.45) is 5.23. The summed E-state index contributed by atoms with van der Waals surface area (Å²) in [6, 6.07) is 1.72. The Morgan fingerprint density at radius 2 is 2.44 bits per heavy atom. The van der Waals surface area contributed by atoms with Crippen LogP contribution in [0.25, 0.3) is 0 Å². The third-order valence-electron chi connectivity index (χ3n) is 2.71. The summed E-state index contributed by atoms with van der Waals surface area (Å²) in [6.45, 7) is 1.13. The van der Waals surface area contributed by atoms with Gasteiger partial charge in [0.25, 0.3) is 0 Å². The van der Waals surface area contributed by atoms with Crippen LogP contribution >= 0.6 is 0 Å². The minimum absolute atomic E-state index is 0.230. The molecule has 0 aromatic carbocycles. The first-order chi connectivity index (χ1) is 7.81. The summed E-state index contributed by atoms with van der Waals surface area (Å²) < 4.78 is 10.5. The average molecular weight is 224 g/mol. The van der Waals surface area contributed by atoms with Gasteiger partial charge >= 0.3 is 5.91 Å². The number of carbonyl (C=O) groups excluding carboxylic acids is 1. The fraction of sp³-hybridized carbons (Fsp3) is 0.545. The van der Waals surface area contributed by atoms with Crippen molar-refractivity contribution >= 4 is 5.91 Å². The molecule has 0 aliphatic heterocycles. The van der Waals surface area contributed by atoms with Gasteiger partial charge in [0, 0.05) is 12.2 Å². The Bertz CT molecular complexity index is 358. The van der Waals surface area contributed by atoms with Crippen LogP contribution in [0.15, 0.2) is 16.7 Å². The second-order valence-electron chi connectivity index (χ2n) is 4.03. The van der Waals surface area contributed by atoms with Gasteiger partial charge < -0.3 is 9.15 Å². The molecule has 1 aliphatic rings. The first kappa shape index (κ1) is 11.2. The summed E-state index contributed by atoms with van der Waals surface area (Å²) in [5, 5.41) is 0. The van der Waals surface area contributed by atoms with Gasteiger partial charge in [-0.05, 0) is 18.4 Å². The van der Waals surface area contributed by atoms with Gasteiger partial charge in [0.05, 0.1) is 12.9 Å². The zero-order chi connectivity index (χ0) is 11.4. The largest absolute Gasteiger partial charge is 0.459 e. The van der Waals surface area contributed by atoms with Crippen LogP contribution in [0.3, 0.4) is 0 Å². The van der Waals surface area contributed by atoms with E-state index in [-0.39, 0.29) is 5.76 Å². The lowest BCUT2D eigenvalue weighted by atomic mass is 10.2. The number of hydrogen-bond acceptors (Lipinski definition) is 4. The molecule has 0 radical (unpaired) electrons. The quantitative estimate of drug-likeness (QED) is 0.329. The number of ether oxygens (including phenoxy) is 1. The number of nitrogens with two attached hydrogens (primary N) is 1.